The van der Waals surface area contributed by atoms with Crippen LogP contribution in [0.3, 0.4) is 0 Å². The van der Waals surface area contributed by atoms with Crippen LogP contribution in [0.25, 0.3) is 0 Å². The van der Waals surface area contributed by atoms with E-state index < -0.39 is 52.7 Å². The predicted molar refractivity (Wildman–Crippen MR) is 126 cm³/mol. The number of ether oxygens (including phenoxy) is 2. The molecule has 1 aromatic carbocycles. The molecule has 9 heteroatoms. The Hall–Kier alpha value is -2.65. The van der Waals surface area contributed by atoms with Crippen molar-refractivity contribution in [2.75, 3.05) is 6.61 Å². The Labute approximate surface area is 201 Å². The van der Waals surface area contributed by atoms with Gasteiger partial charge in [0.15, 0.2) is 5.54 Å². The second-order valence-corrected chi connectivity index (χ2v) is 10.5. The molecule has 2 fully saturated rings. The van der Waals surface area contributed by atoms with Crippen LogP contribution in [-0.4, -0.2) is 58.5 Å². The molecule has 1 saturated carbocycles. The fourth-order valence-corrected chi connectivity index (χ4v) is 5.26. The first kappa shape index (κ1) is 26.0. The quantitative estimate of drug-likeness (QED) is 0.444. The lowest BCUT2D eigenvalue weighted by atomic mass is 9.72. The fraction of sp³-hybridized carbons (Fsp3) is 0.640. The van der Waals surface area contributed by atoms with Crippen molar-refractivity contribution in [2.24, 2.45) is 11.8 Å². The van der Waals surface area contributed by atoms with Gasteiger partial charge in [-0.15, -0.1) is 0 Å². The lowest BCUT2D eigenvalue weighted by molar-refractivity contribution is -0.162. The molecule has 2 aliphatic rings. The molecule has 1 aliphatic heterocycles. The second kappa shape index (κ2) is 9.54. The van der Waals surface area contributed by atoms with E-state index in [1.54, 1.807) is 27.7 Å². The van der Waals surface area contributed by atoms with E-state index in [1.165, 1.54) is 0 Å². The SMILES string of the molecule is CCOC(=O)[C@@H]1[C@H](NCc2ccccc2)C[C@@]2(NC(=O)OC(C)(C)C)C(=O)N[C@@H](C(C)C)[C@@]12O. The van der Waals surface area contributed by atoms with Crippen LogP contribution in [0.5, 0.6) is 0 Å². The van der Waals surface area contributed by atoms with Crippen LogP contribution in [-0.2, 0) is 25.6 Å². The summed E-state index contributed by atoms with van der Waals surface area (Å²) >= 11 is 0. The summed E-state index contributed by atoms with van der Waals surface area (Å²) in [6.45, 7) is 11.0. The van der Waals surface area contributed by atoms with Gasteiger partial charge in [-0.3, -0.25) is 9.59 Å². The average Bonchev–Trinajstić information content (AvgIpc) is 3.10. The zero-order chi connectivity index (χ0) is 25.3. The Morgan fingerprint density at radius 2 is 1.88 bits per heavy atom. The van der Waals surface area contributed by atoms with Crippen molar-refractivity contribution in [3.05, 3.63) is 35.9 Å². The van der Waals surface area contributed by atoms with Gasteiger partial charge in [0.25, 0.3) is 0 Å². The predicted octanol–water partition coefficient (Wildman–Crippen LogP) is 1.88. The molecule has 0 aromatic heterocycles. The van der Waals surface area contributed by atoms with Crippen molar-refractivity contribution < 1.29 is 29.0 Å². The van der Waals surface area contributed by atoms with Gasteiger partial charge in [0.2, 0.25) is 5.91 Å². The van der Waals surface area contributed by atoms with E-state index in [-0.39, 0.29) is 18.9 Å². The summed E-state index contributed by atoms with van der Waals surface area (Å²) < 4.78 is 10.8. The largest absolute Gasteiger partial charge is 0.466 e. The van der Waals surface area contributed by atoms with Crippen LogP contribution in [0.4, 0.5) is 4.79 Å². The number of carbonyl (C=O) groups excluding carboxylic acids is 3. The van der Waals surface area contributed by atoms with Gasteiger partial charge in [-0.2, -0.15) is 0 Å². The Kier molecular flexibility index (Phi) is 7.28. The van der Waals surface area contributed by atoms with Crippen LogP contribution >= 0.6 is 0 Å². The summed E-state index contributed by atoms with van der Waals surface area (Å²) in [6, 6.07) is 8.18. The first-order valence-corrected chi connectivity index (χ1v) is 11.8. The van der Waals surface area contributed by atoms with Gasteiger partial charge < -0.3 is 30.5 Å². The molecule has 34 heavy (non-hydrogen) atoms. The van der Waals surface area contributed by atoms with Crippen LogP contribution in [0, 0.1) is 11.8 Å². The number of fused-ring (bicyclic) bond motifs is 1. The summed E-state index contributed by atoms with van der Waals surface area (Å²) in [7, 11) is 0. The Balaban J connectivity index is 2.04. The van der Waals surface area contributed by atoms with Crippen LogP contribution < -0.4 is 16.0 Å². The van der Waals surface area contributed by atoms with Gasteiger partial charge in [-0.25, -0.2) is 4.79 Å². The highest BCUT2D eigenvalue weighted by Crippen LogP contribution is 2.52. The van der Waals surface area contributed by atoms with Crippen molar-refractivity contribution in [1.82, 2.24) is 16.0 Å². The number of amides is 2. The molecule has 1 aromatic rings. The van der Waals surface area contributed by atoms with E-state index in [0.717, 1.165) is 5.56 Å². The first-order chi connectivity index (χ1) is 15.9. The minimum absolute atomic E-state index is 0.00584. The van der Waals surface area contributed by atoms with E-state index in [1.807, 2.05) is 44.2 Å². The molecule has 0 bridgehead atoms. The summed E-state index contributed by atoms with van der Waals surface area (Å²) in [5.74, 6) is -2.48. The molecule has 0 spiro atoms. The van der Waals surface area contributed by atoms with Gasteiger partial charge in [0.05, 0.1) is 12.6 Å². The number of hydrogen-bond acceptors (Lipinski definition) is 7. The van der Waals surface area contributed by atoms with Crippen molar-refractivity contribution in [3.8, 4) is 0 Å². The Morgan fingerprint density at radius 1 is 1.24 bits per heavy atom. The number of carbonyl (C=O) groups is 3. The standard InChI is InChI=1S/C25H37N3O6/c1-7-33-20(29)18-17(26-14-16-11-9-8-10-12-16)13-24(28-22(31)34-23(4,5)6)21(30)27-19(15(2)3)25(18,24)32/h8-12,15,17-19,26,32H,7,13-14H2,1-6H3,(H,27,30)(H,28,31)/t17-,18+,19+,24-,25+/m1/s1. The average molecular weight is 476 g/mol. The van der Waals surface area contributed by atoms with Gasteiger partial charge in [0, 0.05) is 12.6 Å². The Morgan fingerprint density at radius 3 is 2.44 bits per heavy atom. The number of alkyl carbamates (subject to hydrolysis) is 1. The number of benzene rings is 1. The van der Waals surface area contributed by atoms with Crippen molar-refractivity contribution in [1.29, 1.82) is 0 Å². The molecule has 3 rings (SSSR count). The molecule has 1 heterocycles. The molecular weight excluding hydrogens is 438 g/mol. The number of esters is 1. The number of nitrogens with one attached hydrogen (secondary N) is 3. The third-order valence-electron chi connectivity index (χ3n) is 6.57. The summed E-state index contributed by atoms with van der Waals surface area (Å²) in [6.07, 6.45) is -0.842. The first-order valence-electron chi connectivity index (χ1n) is 11.8. The smallest absolute Gasteiger partial charge is 0.408 e. The maximum Gasteiger partial charge on any atom is 0.408 e. The topological polar surface area (TPSA) is 126 Å². The van der Waals surface area contributed by atoms with Crippen molar-refractivity contribution in [3.63, 3.8) is 0 Å². The second-order valence-electron chi connectivity index (χ2n) is 10.5. The maximum atomic E-state index is 13.4. The zero-order valence-electron chi connectivity index (χ0n) is 20.8. The molecule has 4 N–H and O–H groups in total. The van der Waals surface area contributed by atoms with Gasteiger partial charge in [-0.05, 0) is 45.6 Å². The molecule has 1 saturated heterocycles. The van der Waals surface area contributed by atoms with E-state index in [9.17, 15) is 19.5 Å². The molecule has 2 amide bonds. The summed E-state index contributed by atoms with van der Waals surface area (Å²) in [5, 5.41) is 21.1. The van der Waals surface area contributed by atoms with Crippen LogP contribution in [0.2, 0.25) is 0 Å². The maximum absolute atomic E-state index is 13.4. The highest BCUT2D eigenvalue weighted by molar-refractivity contribution is 5.97. The molecule has 188 valence electrons. The Bertz CT molecular complexity index is 915. The highest BCUT2D eigenvalue weighted by atomic mass is 16.6. The van der Waals surface area contributed by atoms with Gasteiger partial charge in [0.1, 0.15) is 17.1 Å². The lowest BCUT2D eigenvalue weighted by Gasteiger charge is -2.41. The van der Waals surface area contributed by atoms with Gasteiger partial charge >= 0.3 is 12.1 Å². The zero-order valence-corrected chi connectivity index (χ0v) is 20.8. The third-order valence-corrected chi connectivity index (χ3v) is 6.57. The molecule has 0 radical (unpaired) electrons. The van der Waals surface area contributed by atoms with E-state index in [0.29, 0.717) is 6.54 Å². The molecule has 1 aliphatic carbocycles. The summed E-state index contributed by atoms with van der Waals surface area (Å²) in [4.78, 5) is 39.5. The van der Waals surface area contributed by atoms with Crippen LogP contribution in [0.1, 0.15) is 53.5 Å². The minimum Gasteiger partial charge on any atom is -0.466 e. The molecule has 0 unspecified atom stereocenters. The fourth-order valence-electron chi connectivity index (χ4n) is 5.26. The monoisotopic (exact) mass is 475 g/mol. The van der Waals surface area contributed by atoms with E-state index in [4.69, 9.17) is 9.47 Å². The van der Waals surface area contributed by atoms with Gasteiger partial charge in [-0.1, -0.05) is 44.2 Å². The lowest BCUT2D eigenvalue weighted by Crippen LogP contribution is -2.68. The number of rotatable bonds is 7. The van der Waals surface area contributed by atoms with Crippen molar-refractivity contribution >= 4 is 18.0 Å². The van der Waals surface area contributed by atoms with Crippen molar-refractivity contribution in [2.45, 2.75) is 83.3 Å². The third kappa shape index (κ3) is 4.63. The molecule has 9 nitrogen and oxygen atoms in total. The van der Waals surface area contributed by atoms with Crippen LogP contribution in [0.15, 0.2) is 30.3 Å². The minimum atomic E-state index is -1.93. The van der Waals surface area contributed by atoms with E-state index in [2.05, 4.69) is 16.0 Å². The molecule has 5 atom stereocenters. The number of aliphatic hydroxyl groups is 1. The summed E-state index contributed by atoms with van der Waals surface area (Å²) in [5.41, 5.74) is -3.53. The highest BCUT2D eigenvalue weighted by Gasteiger charge is 2.77. The number of hydrogen-bond donors (Lipinski definition) is 4. The molecular formula is C25H37N3O6. The van der Waals surface area contributed by atoms with E-state index >= 15 is 0 Å². The normalized spacial score (nSPS) is 30.6.